The number of esters is 1. The lowest BCUT2D eigenvalue weighted by Crippen LogP contribution is -2.33. The first kappa shape index (κ1) is 25.9. The highest BCUT2D eigenvalue weighted by molar-refractivity contribution is 5.99. The number of hydrogen-bond acceptors (Lipinski definition) is 6. The Hall–Kier alpha value is -4.20. The summed E-state index contributed by atoms with van der Waals surface area (Å²) >= 11 is 0. The quantitative estimate of drug-likeness (QED) is 0.243. The van der Waals surface area contributed by atoms with E-state index in [1.54, 1.807) is 36.4 Å². The first-order chi connectivity index (χ1) is 17.7. The number of nitro groups is 1. The lowest BCUT2D eigenvalue weighted by molar-refractivity contribution is -0.384. The van der Waals surface area contributed by atoms with E-state index >= 15 is 0 Å². The van der Waals surface area contributed by atoms with Gasteiger partial charge in [0, 0.05) is 30.4 Å². The molecule has 3 aromatic carbocycles. The second-order valence-electron chi connectivity index (χ2n) is 9.63. The average molecular weight is 502 g/mol. The fourth-order valence-corrected chi connectivity index (χ4v) is 4.46. The molecule has 0 spiro atoms. The fourth-order valence-electron chi connectivity index (χ4n) is 4.46. The number of nitrogens with zero attached hydrogens (tertiary/aromatic N) is 2. The summed E-state index contributed by atoms with van der Waals surface area (Å²) in [6.45, 7) is 7.42. The van der Waals surface area contributed by atoms with Crippen LogP contribution in [-0.2, 0) is 9.53 Å². The van der Waals surface area contributed by atoms with E-state index in [1.165, 1.54) is 12.1 Å². The first-order valence-corrected chi connectivity index (χ1v) is 12.4. The summed E-state index contributed by atoms with van der Waals surface area (Å²) in [5.41, 5.74) is 3.31. The highest BCUT2D eigenvalue weighted by atomic mass is 16.6. The third-order valence-electron chi connectivity index (χ3n) is 6.75. The molecule has 1 aliphatic rings. The van der Waals surface area contributed by atoms with E-state index in [0.29, 0.717) is 22.9 Å². The number of amides is 1. The maximum atomic E-state index is 13.3. The number of carbonyl (C=O) groups excluding carboxylic acids is 2. The fraction of sp³-hybridized carbons (Fsp3) is 0.310. The van der Waals surface area contributed by atoms with E-state index in [2.05, 4.69) is 12.2 Å². The number of piperidine rings is 1. The number of nitrogens with one attached hydrogen (secondary N) is 1. The van der Waals surface area contributed by atoms with Crippen molar-refractivity contribution in [2.45, 2.75) is 39.7 Å². The molecule has 0 radical (unpaired) electrons. The minimum atomic E-state index is -1.24. The van der Waals surface area contributed by atoms with Crippen LogP contribution in [0.2, 0.25) is 0 Å². The van der Waals surface area contributed by atoms with Crippen molar-refractivity contribution < 1.29 is 19.2 Å². The van der Waals surface area contributed by atoms with Gasteiger partial charge in [-0.15, -0.1) is 0 Å². The number of ether oxygens (including phenoxy) is 1. The molecule has 0 bridgehead atoms. The van der Waals surface area contributed by atoms with Crippen LogP contribution in [0.3, 0.4) is 0 Å². The van der Waals surface area contributed by atoms with Crippen LogP contribution in [-0.4, -0.2) is 29.9 Å². The molecule has 1 atom stereocenters. The zero-order valence-corrected chi connectivity index (χ0v) is 21.3. The minimum absolute atomic E-state index is 0.0151. The van der Waals surface area contributed by atoms with Crippen molar-refractivity contribution in [3.05, 3.63) is 99.1 Å². The van der Waals surface area contributed by atoms with Gasteiger partial charge in [-0.05, 0) is 61.9 Å². The molecule has 1 fully saturated rings. The van der Waals surface area contributed by atoms with Crippen LogP contribution < -0.4 is 10.2 Å². The predicted molar refractivity (Wildman–Crippen MR) is 143 cm³/mol. The SMILES string of the molecule is Cc1ccc(C)c(NC(=O)[C@H](OC(=O)c2ccc(N3CCC(C)CC3)c([N+](=O)[O-])c2)c2ccccc2)c1. The van der Waals surface area contributed by atoms with Gasteiger partial charge in [0.15, 0.2) is 0 Å². The first-order valence-electron chi connectivity index (χ1n) is 12.4. The van der Waals surface area contributed by atoms with Crippen molar-refractivity contribution in [2.75, 3.05) is 23.3 Å². The maximum absolute atomic E-state index is 13.3. The maximum Gasteiger partial charge on any atom is 0.339 e. The van der Waals surface area contributed by atoms with Gasteiger partial charge in [-0.1, -0.05) is 49.4 Å². The van der Waals surface area contributed by atoms with Gasteiger partial charge >= 0.3 is 5.97 Å². The molecule has 1 saturated heterocycles. The largest absolute Gasteiger partial charge is 0.444 e. The van der Waals surface area contributed by atoms with E-state index in [1.807, 2.05) is 36.9 Å². The van der Waals surface area contributed by atoms with Crippen molar-refractivity contribution in [1.29, 1.82) is 0 Å². The third-order valence-corrected chi connectivity index (χ3v) is 6.75. The Labute approximate surface area is 216 Å². The third kappa shape index (κ3) is 6.14. The second kappa shape index (κ2) is 11.2. The average Bonchev–Trinajstić information content (AvgIpc) is 2.89. The van der Waals surface area contributed by atoms with Gasteiger partial charge in [-0.3, -0.25) is 14.9 Å². The minimum Gasteiger partial charge on any atom is -0.444 e. The molecule has 8 heteroatoms. The van der Waals surface area contributed by atoms with Gasteiger partial charge in [-0.25, -0.2) is 4.79 Å². The van der Waals surface area contributed by atoms with Crippen LogP contribution in [0.1, 0.15) is 52.9 Å². The molecule has 0 unspecified atom stereocenters. The zero-order valence-electron chi connectivity index (χ0n) is 21.3. The van der Waals surface area contributed by atoms with E-state index < -0.39 is 22.9 Å². The van der Waals surface area contributed by atoms with E-state index in [9.17, 15) is 19.7 Å². The van der Waals surface area contributed by atoms with Gasteiger partial charge in [0.05, 0.1) is 10.5 Å². The van der Waals surface area contributed by atoms with Crippen LogP contribution in [0, 0.1) is 29.9 Å². The second-order valence-corrected chi connectivity index (χ2v) is 9.63. The topological polar surface area (TPSA) is 102 Å². The van der Waals surface area contributed by atoms with Crippen molar-refractivity contribution in [2.24, 2.45) is 5.92 Å². The van der Waals surface area contributed by atoms with Gasteiger partial charge in [0.25, 0.3) is 11.6 Å². The van der Waals surface area contributed by atoms with Gasteiger partial charge < -0.3 is 15.0 Å². The molecule has 4 rings (SSSR count). The monoisotopic (exact) mass is 501 g/mol. The molecule has 8 nitrogen and oxygen atoms in total. The Morgan fingerprint density at radius 2 is 1.73 bits per heavy atom. The van der Waals surface area contributed by atoms with Gasteiger partial charge in [0.1, 0.15) is 5.69 Å². The molecule has 0 aliphatic carbocycles. The summed E-state index contributed by atoms with van der Waals surface area (Å²) in [7, 11) is 0. The number of hydrogen-bond donors (Lipinski definition) is 1. The standard InChI is InChI=1S/C29H31N3O5/c1-19-13-15-31(16-14-19)25-12-11-23(18-26(25)32(35)36)29(34)37-27(22-7-5-4-6-8-22)28(33)30-24-17-20(2)9-10-21(24)3/h4-12,17-19,27H,13-16H2,1-3H3,(H,30,33)/t27-/m1/s1. The Morgan fingerprint density at radius 1 is 1.03 bits per heavy atom. The lowest BCUT2D eigenvalue weighted by atomic mass is 9.98. The van der Waals surface area contributed by atoms with Crippen molar-refractivity contribution >= 4 is 28.9 Å². The number of nitro benzene ring substituents is 1. The molecule has 3 aromatic rings. The normalized spacial score (nSPS) is 14.6. The van der Waals surface area contributed by atoms with Crippen molar-refractivity contribution in [3.63, 3.8) is 0 Å². The Balaban J connectivity index is 1.60. The smallest absolute Gasteiger partial charge is 0.339 e. The zero-order chi connectivity index (χ0) is 26.5. The van der Waals surface area contributed by atoms with Crippen LogP contribution in [0.5, 0.6) is 0 Å². The molecule has 0 aromatic heterocycles. The molecule has 37 heavy (non-hydrogen) atoms. The molecular formula is C29H31N3O5. The van der Waals surface area contributed by atoms with Crippen LogP contribution in [0.25, 0.3) is 0 Å². The summed E-state index contributed by atoms with van der Waals surface area (Å²) in [4.78, 5) is 39.9. The Kier molecular flexibility index (Phi) is 7.86. The predicted octanol–water partition coefficient (Wildman–Crippen LogP) is 5.98. The summed E-state index contributed by atoms with van der Waals surface area (Å²) in [6, 6.07) is 18.7. The number of carbonyl (C=O) groups is 2. The molecule has 1 heterocycles. The van der Waals surface area contributed by atoms with Crippen LogP contribution in [0.15, 0.2) is 66.7 Å². The Morgan fingerprint density at radius 3 is 2.41 bits per heavy atom. The van der Waals surface area contributed by atoms with Crippen LogP contribution >= 0.6 is 0 Å². The number of rotatable bonds is 7. The Bertz CT molecular complexity index is 1300. The van der Waals surface area contributed by atoms with E-state index in [0.717, 1.165) is 37.1 Å². The molecule has 1 amide bonds. The highest BCUT2D eigenvalue weighted by Crippen LogP contribution is 2.33. The van der Waals surface area contributed by atoms with Gasteiger partial charge in [-0.2, -0.15) is 0 Å². The molecule has 1 aliphatic heterocycles. The lowest BCUT2D eigenvalue weighted by Gasteiger charge is -2.31. The van der Waals surface area contributed by atoms with Gasteiger partial charge in [0.2, 0.25) is 6.10 Å². The van der Waals surface area contributed by atoms with E-state index in [-0.39, 0.29) is 11.3 Å². The summed E-state index contributed by atoms with van der Waals surface area (Å²) in [6.07, 6.45) is 0.667. The highest BCUT2D eigenvalue weighted by Gasteiger charge is 2.29. The number of benzene rings is 3. The summed E-state index contributed by atoms with van der Waals surface area (Å²) < 4.78 is 5.67. The van der Waals surface area contributed by atoms with Crippen molar-refractivity contribution in [1.82, 2.24) is 0 Å². The molecule has 0 saturated carbocycles. The molecule has 1 N–H and O–H groups in total. The molecular weight excluding hydrogens is 470 g/mol. The number of aryl methyl sites for hydroxylation is 2. The molecule has 192 valence electrons. The van der Waals surface area contributed by atoms with Crippen molar-refractivity contribution in [3.8, 4) is 0 Å². The summed E-state index contributed by atoms with van der Waals surface area (Å²) in [5.74, 6) is -0.747. The summed E-state index contributed by atoms with van der Waals surface area (Å²) in [5, 5.41) is 14.7. The van der Waals surface area contributed by atoms with Crippen LogP contribution in [0.4, 0.5) is 17.1 Å². The van der Waals surface area contributed by atoms with E-state index in [4.69, 9.17) is 4.74 Å². The number of anilines is 2.